The number of fused-ring (bicyclic) bond motifs is 3. The summed E-state index contributed by atoms with van der Waals surface area (Å²) in [5.74, 6) is 0.377. The van der Waals surface area contributed by atoms with Gasteiger partial charge in [0, 0.05) is 22.4 Å². The van der Waals surface area contributed by atoms with Crippen molar-refractivity contribution in [1.29, 1.82) is 0 Å². The van der Waals surface area contributed by atoms with E-state index in [1.54, 1.807) is 6.07 Å². The first-order valence-electron chi connectivity index (χ1n) is 8.29. The van der Waals surface area contributed by atoms with Gasteiger partial charge in [0.1, 0.15) is 5.75 Å². The second-order valence-electron chi connectivity index (χ2n) is 6.20. The van der Waals surface area contributed by atoms with Gasteiger partial charge in [-0.1, -0.05) is 35.9 Å². The topological polar surface area (TPSA) is 54.1 Å². The summed E-state index contributed by atoms with van der Waals surface area (Å²) in [5.41, 5.74) is 3.67. The van der Waals surface area contributed by atoms with Crippen molar-refractivity contribution < 1.29 is 9.53 Å². The Kier molecular flexibility index (Phi) is 4.27. The van der Waals surface area contributed by atoms with Crippen LogP contribution in [0.1, 0.15) is 5.56 Å². The molecule has 0 radical (unpaired) electrons. The van der Waals surface area contributed by atoms with E-state index < -0.39 is 0 Å². The zero-order chi connectivity index (χ0) is 18.1. The highest BCUT2D eigenvalue weighted by atomic mass is 35.5. The molecular formula is C21H17ClN2O2. The third-order valence-corrected chi connectivity index (χ3v) is 4.56. The van der Waals surface area contributed by atoms with E-state index in [4.69, 9.17) is 16.3 Å². The minimum absolute atomic E-state index is 0.0874. The molecule has 0 saturated carbocycles. The van der Waals surface area contributed by atoms with E-state index in [9.17, 15) is 4.79 Å². The Morgan fingerprint density at radius 1 is 1.04 bits per heavy atom. The van der Waals surface area contributed by atoms with Gasteiger partial charge in [0.15, 0.2) is 6.61 Å². The predicted octanol–water partition coefficient (Wildman–Crippen LogP) is 5.30. The summed E-state index contributed by atoms with van der Waals surface area (Å²) in [7, 11) is 0. The van der Waals surface area contributed by atoms with Crippen molar-refractivity contribution in [2.75, 3.05) is 11.9 Å². The van der Waals surface area contributed by atoms with Gasteiger partial charge in [-0.05, 0) is 42.8 Å². The monoisotopic (exact) mass is 364 g/mol. The van der Waals surface area contributed by atoms with E-state index in [0.29, 0.717) is 16.5 Å². The fourth-order valence-corrected chi connectivity index (χ4v) is 3.26. The number of hydrogen-bond acceptors (Lipinski definition) is 2. The van der Waals surface area contributed by atoms with Gasteiger partial charge in [0.2, 0.25) is 0 Å². The Hall–Kier alpha value is -2.98. The first-order valence-corrected chi connectivity index (χ1v) is 8.67. The Labute approximate surface area is 155 Å². The average Bonchev–Trinajstić information content (AvgIpc) is 3.00. The molecule has 1 aromatic heterocycles. The molecule has 2 N–H and O–H groups in total. The highest BCUT2D eigenvalue weighted by molar-refractivity contribution is 6.33. The number of amides is 1. The zero-order valence-corrected chi connectivity index (χ0v) is 14.9. The fraction of sp³-hybridized carbons (Fsp3) is 0.0952. The summed E-state index contributed by atoms with van der Waals surface area (Å²) in [6.45, 7) is 1.86. The van der Waals surface area contributed by atoms with Crippen LogP contribution in [0, 0.1) is 6.92 Å². The minimum atomic E-state index is -0.257. The highest BCUT2D eigenvalue weighted by Gasteiger charge is 2.09. The Bertz CT molecular complexity index is 1120. The van der Waals surface area contributed by atoms with E-state index >= 15 is 0 Å². The molecule has 0 aliphatic rings. The maximum Gasteiger partial charge on any atom is 0.262 e. The predicted molar refractivity (Wildman–Crippen MR) is 106 cm³/mol. The van der Waals surface area contributed by atoms with Gasteiger partial charge in [-0.15, -0.1) is 0 Å². The molecule has 1 heterocycles. The molecule has 0 aliphatic heterocycles. The van der Waals surface area contributed by atoms with Crippen LogP contribution >= 0.6 is 11.6 Å². The van der Waals surface area contributed by atoms with Crippen LogP contribution in [0.3, 0.4) is 0 Å². The standard InChI is InChI=1S/C21H17ClN2O2/c1-13-6-9-19(17(22)10-13)24-21(25)12-26-14-7-8-16-15-4-2-3-5-18(15)23-20(16)11-14/h2-11,23H,12H2,1H3,(H,24,25). The van der Waals surface area contributed by atoms with Gasteiger partial charge in [-0.2, -0.15) is 0 Å². The molecule has 130 valence electrons. The number of anilines is 1. The Morgan fingerprint density at radius 3 is 2.69 bits per heavy atom. The summed E-state index contributed by atoms with van der Waals surface area (Å²) in [6, 6.07) is 19.4. The maximum absolute atomic E-state index is 12.1. The molecule has 0 bridgehead atoms. The number of H-pyrrole nitrogens is 1. The Morgan fingerprint density at radius 2 is 1.85 bits per heavy atom. The quantitative estimate of drug-likeness (QED) is 0.516. The lowest BCUT2D eigenvalue weighted by Gasteiger charge is -2.09. The number of carbonyl (C=O) groups excluding carboxylic acids is 1. The van der Waals surface area contributed by atoms with Crippen molar-refractivity contribution >= 4 is 45.0 Å². The lowest BCUT2D eigenvalue weighted by Crippen LogP contribution is -2.20. The molecule has 0 atom stereocenters. The van der Waals surface area contributed by atoms with Crippen molar-refractivity contribution in [3.8, 4) is 5.75 Å². The molecule has 0 fully saturated rings. The van der Waals surface area contributed by atoms with Crippen molar-refractivity contribution in [2.45, 2.75) is 6.92 Å². The number of aromatic amines is 1. The highest BCUT2D eigenvalue weighted by Crippen LogP contribution is 2.28. The molecule has 4 rings (SSSR count). The normalized spacial score (nSPS) is 11.0. The number of aromatic nitrogens is 1. The second-order valence-corrected chi connectivity index (χ2v) is 6.61. The zero-order valence-electron chi connectivity index (χ0n) is 14.2. The third-order valence-electron chi connectivity index (χ3n) is 4.25. The number of para-hydroxylation sites is 1. The van der Waals surface area contributed by atoms with E-state index in [1.165, 1.54) is 5.39 Å². The smallest absolute Gasteiger partial charge is 0.262 e. The molecule has 4 aromatic rings. The Balaban J connectivity index is 1.47. The van der Waals surface area contributed by atoms with E-state index in [-0.39, 0.29) is 12.5 Å². The number of rotatable bonds is 4. The summed E-state index contributed by atoms with van der Waals surface area (Å²) in [6.07, 6.45) is 0. The molecule has 0 aliphatic carbocycles. The number of ether oxygens (including phenoxy) is 1. The van der Waals surface area contributed by atoms with Crippen LogP contribution < -0.4 is 10.1 Å². The van der Waals surface area contributed by atoms with Crippen molar-refractivity contribution in [3.63, 3.8) is 0 Å². The largest absolute Gasteiger partial charge is 0.484 e. The van der Waals surface area contributed by atoms with Crippen molar-refractivity contribution in [1.82, 2.24) is 4.98 Å². The lowest BCUT2D eigenvalue weighted by atomic mass is 10.1. The van der Waals surface area contributed by atoms with Gasteiger partial charge in [0.25, 0.3) is 5.91 Å². The summed E-state index contributed by atoms with van der Waals surface area (Å²) < 4.78 is 5.63. The number of halogens is 1. The van der Waals surface area contributed by atoms with Gasteiger partial charge in [-0.3, -0.25) is 4.79 Å². The van der Waals surface area contributed by atoms with Gasteiger partial charge >= 0.3 is 0 Å². The fourth-order valence-electron chi connectivity index (χ4n) is 2.98. The number of carbonyl (C=O) groups is 1. The van der Waals surface area contributed by atoms with Gasteiger partial charge < -0.3 is 15.0 Å². The average molecular weight is 365 g/mol. The van der Waals surface area contributed by atoms with E-state index in [1.807, 2.05) is 55.5 Å². The summed E-state index contributed by atoms with van der Waals surface area (Å²) >= 11 is 6.14. The lowest BCUT2D eigenvalue weighted by molar-refractivity contribution is -0.118. The molecule has 26 heavy (non-hydrogen) atoms. The van der Waals surface area contributed by atoms with Crippen LogP contribution in [0.5, 0.6) is 5.75 Å². The number of nitrogens with one attached hydrogen (secondary N) is 2. The van der Waals surface area contributed by atoms with Crippen LogP contribution in [0.25, 0.3) is 21.8 Å². The molecule has 1 amide bonds. The first kappa shape index (κ1) is 16.5. The molecule has 0 unspecified atom stereocenters. The molecule has 0 saturated heterocycles. The minimum Gasteiger partial charge on any atom is -0.484 e. The third kappa shape index (κ3) is 3.24. The number of aryl methyl sites for hydroxylation is 1. The molecule has 3 aromatic carbocycles. The molecule has 0 spiro atoms. The van der Waals surface area contributed by atoms with Crippen LogP contribution in [-0.4, -0.2) is 17.5 Å². The van der Waals surface area contributed by atoms with Crippen molar-refractivity contribution in [3.05, 3.63) is 71.2 Å². The van der Waals surface area contributed by atoms with E-state index in [2.05, 4.69) is 16.4 Å². The van der Waals surface area contributed by atoms with Gasteiger partial charge in [0.05, 0.1) is 16.2 Å². The maximum atomic E-state index is 12.1. The van der Waals surface area contributed by atoms with E-state index in [0.717, 1.165) is 22.0 Å². The van der Waals surface area contributed by atoms with Crippen LogP contribution in [-0.2, 0) is 4.79 Å². The summed E-state index contributed by atoms with van der Waals surface area (Å²) in [5, 5.41) is 5.57. The number of benzene rings is 3. The number of hydrogen-bond donors (Lipinski definition) is 2. The van der Waals surface area contributed by atoms with Crippen LogP contribution in [0.2, 0.25) is 5.02 Å². The first-order chi connectivity index (χ1) is 12.6. The molecular weight excluding hydrogens is 348 g/mol. The SMILES string of the molecule is Cc1ccc(NC(=O)COc2ccc3c(c2)[nH]c2ccccc23)c(Cl)c1. The molecule has 5 heteroatoms. The molecule has 4 nitrogen and oxygen atoms in total. The van der Waals surface area contributed by atoms with Crippen LogP contribution in [0.4, 0.5) is 5.69 Å². The van der Waals surface area contributed by atoms with Gasteiger partial charge in [-0.25, -0.2) is 0 Å². The van der Waals surface area contributed by atoms with Crippen molar-refractivity contribution in [2.24, 2.45) is 0 Å². The van der Waals surface area contributed by atoms with Crippen LogP contribution in [0.15, 0.2) is 60.7 Å². The summed E-state index contributed by atoms with van der Waals surface area (Å²) in [4.78, 5) is 15.5. The second kappa shape index (κ2) is 6.73.